The van der Waals surface area contributed by atoms with Crippen LogP contribution in [0.3, 0.4) is 0 Å². The topological polar surface area (TPSA) is 65.2 Å². The maximum atomic E-state index is 12.6. The fraction of sp³-hybridized carbons (Fsp3) is 0.360. The molecule has 2 N–H and O–H groups in total. The Morgan fingerprint density at radius 3 is 2.47 bits per heavy atom. The van der Waals surface area contributed by atoms with E-state index in [0.29, 0.717) is 5.92 Å². The lowest BCUT2D eigenvalue weighted by Crippen LogP contribution is -2.36. The second kappa shape index (κ2) is 8.84. The summed E-state index contributed by atoms with van der Waals surface area (Å²) in [6.07, 6.45) is 2.03. The van der Waals surface area contributed by atoms with Gasteiger partial charge in [-0.1, -0.05) is 30.3 Å². The number of H-pyrrole nitrogens is 1. The Kier molecular flexibility index (Phi) is 6.00. The Morgan fingerprint density at radius 2 is 1.80 bits per heavy atom. The Bertz CT molecular complexity index is 1030. The molecule has 1 aliphatic heterocycles. The Hall–Kier alpha value is -2.92. The normalized spacial score (nSPS) is 16.5. The molecule has 1 atom stereocenters. The number of carbonyl (C=O) groups excluding carboxylic acids is 2. The number of rotatable bonds is 6. The first-order valence-corrected chi connectivity index (χ1v) is 10.7. The number of hydrogen-bond donors (Lipinski definition) is 2. The van der Waals surface area contributed by atoms with Gasteiger partial charge in [-0.15, -0.1) is 0 Å². The summed E-state index contributed by atoms with van der Waals surface area (Å²) in [5.41, 5.74) is 4.09. The first-order chi connectivity index (χ1) is 14.5. The molecule has 1 aromatic heterocycles. The third-order valence-electron chi connectivity index (χ3n) is 6.09. The number of aromatic nitrogens is 1. The lowest BCUT2D eigenvalue weighted by atomic mass is 9.80. The van der Waals surface area contributed by atoms with Gasteiger partial charge in [-0.3, -0.25) is 14.5 Å². The summed E-state index contributed by atoms with van der Waals surface area (Å²) in [5.74, 6) is 0.358. The Morgan fingerprint density at radius 1 is 1.07 bits per heavy atom. The third-order valence-corrected chi connectivity index (χ3v) is 6.09. The molecule has 2 aromatic carbocycles. The number of nitrogens with one attached hydrogen (secondary N) is 2. The molecule has 30 heavy (non-hydrogen) atoms. The SMILES string of the molecule is CC(=O)Nc1ccc2[nH]c(C(C(C)=O)C3CCN(Cc4ccccc4)CC3)cc2c1. The highest BCUT2D eigenvalue weighted by molar-refractivity contribution is 5.93. The van der Waals surface area contributed by atoms with Crippen LogP contribution in [0.15, 0.2) is 54.6 Å². The minimum Gasteiger partial charge on any atom is -0.358 e. The molecule has 0 radical (unpaired) electrons. The second-order valence-electron chi connectivity index (χ2n) is 8.40. The van der Waals surface area contributed by atoms with E-state index in [1.54, 1.807) is 6.92 Å². The van der Waals surface area contributed by atoms with Crippen LogP contribution in [-0.2, 0) is 16.1 Å². The van der Waals surface area contributed by atoms with Crippen LogP contribution in [0.1, 0.15) is 43.9 Å². The smallest absolute Gasteiger partial charge is 0.221 e. The first kappa shape index (κ1) is 20.4. The van der Waals surface area contributed by atoms with Gasteiger partial charge in [-0.25, -0.2) is 0 Å². The van der Waals surface area contributed by atoms with Crippen molar-refractivity contribution < 1.29 is 9.59 Å². The van der Waals surface area contributed by atoms with Crippen molar-refractivity contribution in [2.45, 2.75) is 39.2 Å². The van der Waals surface area contributed by atoms with Crippen LogP contribution in [0.4, 0.5) is 5.69 Å². The van der Waals surface area contributed by atoms with Gasteiger partial charge in [0.2, 0.25) is 5.91 Å². The molecule has 1 fully saturated rings. The fourth-order valence-electron chi connectivity index (χ4n) is 4.69. The molecule has 0 aliphatic carbocycles. The van der Waals surface area contributed by atoms with Crippen LogP contribution in [0, 0.1) is 5.92 Å². The number of piperidine rings is 1. The zero-order chi connectivity index (χ0) is 21.1. The zero-order valence-electron chi connectivity index (χ0n) is 17.7. The summed E-state index contributed by atoms with van der Waals surface area (Å²) >= 11 is 0. The van der Waals surface area contributed by atoms with Crippen LogP contribution >= 0.6 is 0 Å². The molecule has 1 unspecified atom stereocenters. The number of amides is 1. The van der Waals surface area contributed by atoms with E-state index >= 15 is 0 Å². The minimum absolute atomic E-state index is 0.0889. The quantitative estimate of drug-likeness (QED) is 0.626. The summed E-state index contributed by atoms with van der Waals surface area (Å²) in [4.78, 5) is 29.9. The summed E-state index contributed by atoms with van der Waals surface area (Å²) in [6.45, 7) is 6.20. The van der Waals surface area contributed by atoms with Crippen molar-refractivity contribution in [3.05, 3.63) is 65.9 Å². The molecule has 5 heteroatoms. The minimum atomic E-state index is -0.111. The largest absolute Gasteiger partial charge is 0.358 e. The second-order valence-corrected chi connectivity index (χ2v) is 8.40. The van der Waals surface area contributed by atoms with Gasteiger partial charge in [0, 0.05) is 35.8 Å². The van der Waals surface area contributed by atoms with E-state index in [-0.39, 0.29) is 17.6 Å². The molecular weight excluding hydrogens is 374 g/mol. The molecule has 1 aliphatic rings. The van der Waals surface area contributed by atoms with Gasteiger partial charge in [0.1, 0.15) is 5.78 Å². The summed E-state index contributed by atoms with van der Waals surface area (Å²) in [7, 11) is 0. The third kappa shape index (κ3) is 4.62. The summed E-state index contributed by atoms with van der Waals surface area (Å²) in [5, 5.41) is 3.84. The number of Topliss-reactive ketones (excluding diaryl/α,β-unsaturated/α-hetero) is 1. The zero-order valence-corrected chi connectivity index (χ0v) is 17.7. The van der Waals surface area contributed by atoms with Crippen LogP contribution < -0.4 is 5.32 Å². The van der Waals surface area contributed by atoms with Gasteiger partial charge in [0.25, 0.3) is 0 Å². The average Bonchev–Trinajstić information content (AvgIpc) is 3.12. The molecule has 2 heterocycles. The number of hydrogen-bond acceptors (Lipinski definition) is 3. The predicted octanol–water partition coefficient (Wildman–Crippen LogP) is 4.71. The number of anilines is 1. The molecular formula is C25H29N3O2. The van der Waals surface area contributed by atoms with E-state index < -0.39 is 0 Å². The lowest BCUT2D eigenvalue weighted by molar-refractivity contribution is -0.120. The van der Waals surface area contributed by atoms with E-state index in [1.807, 2.05) is 24.3 Å². The molecule has 3 aromatic rings. The van der Waals surface area contributed by atoms with Gasteiger partial charge in [0.05, 0.1) is 5.92 Å². The summed E-state index contributed by atoms with van der Waals surface area (Å²) in [6, 6.07) is 18.4. The van der Waals surface area contributed by atoms with E-state index in [2.05, 4.69) is 45.5 Å². The van der Waals surface area contributed by atoms with Gasteiger partial charge in [-0.2, -0.15) is 0 Å². The molecule has 156 valence electrons. The Balaban J connectivity index is 1.47. The van der Waals surface area contributed by atoms with E-state index in [0.717, 1.165) is 54.8 Å². The van der Waals surface area contributed by atoms with Crippen molar-refractivity contribution in [1.82, 2.24) is 9.88 Å². The Labute approximate surface area is 177 Å². The molecule has 0 saturated carbocycles. The highest BCUT2D eigenvalue weighted by Gasteiger charge is 2.31. The van der Waals surface area contributed by atoms with E-state index in [9.17, 15) is 9.59 Å². The van der Waals surface area contributed by atoms with Gasteiger partial charge < -0.3 is 10.3 Å². The molecule has 0 bridgehead atoms. The van der Waals surface area contributed by atoms with E-state index in [4.69, 9.17) is 0 Å². The fourth-order valence-corrected chi connectivity index (χ4v) is 4.69. The summed E-state index contributed by atoms with van der Waals surface area (Å²) < 4.78 is 0. The number of aromatic amines is 1. The first-order valence-electron chi connectivity index (χ1n) is 10.7. The number of likely N-dealkylation sites (tertiary alicyclic amines) is 1. The number of benzene rings is 2. The predicted molar refractivity (Wildman–Crippen MR) is 120 cm³/mol. The highest BCUT2D eigenvalue weighted by atomic mass is 16.1. The number of nitrogens with zero attached hydrogens (tertiary/aromatic N) is 1. The van der Waals surface area contributed by atoms with Crippen molar-refractivity contribution >= 4 is 28.3 Å². The van der Waals surface area contributed by atoms with Crippen LogP contribution in [-0.4, -0.2) is 34.7 Å². The van der Waals surface area contributed by atoms with E-state index in [1.165, 1.54) is 12.5 Å². The van der Waals surface area contributed by atoms with Crippen LogP contribution in [0.25, 0.3) is 10.9 Å². The average molecular weight is 404 g/mol. The van der Waals surface area contributed by atoms with Gasteiger partial charge in [0.15, 0.2) is 0 Å². The van der Waals surface area contributed by atoms with Crippen LogP contribution in [0.2, 0.25) is 0 Å². The molecule has 4 rings (SSSR count). The molecule has 5 nitrogen and oxygen atoms in total. The number of fused-ring (bicyclic) bond motifs is 1. The van der Waals surface area contributed by atoms with Crippen molar-refractivity contribution in [3.8, 4) is 0 Å². The monoisotopic (exact) mass is 403 g/mol. The standard InChI is InChI=1S/C25H29N3O2/c1-17(29)25(20-10-12-28(13-11-20)16-19-6-4-3-5-7-19)24-15-21-14-22(26-18(2)30)8-9-23(21)27-24/h3-9,14-15,20,25,27H,10-13,16H2,1-2H3,(H,26,30). The molecule has 0 spiro atoms. The molecule has 1 saturated heterocycles. The van der Waals surface area contributed by atoms with Crippen molar-refractivity contribution in [1.29, 1.82) is 0 Å². The van der Waals surface area contributed by atoms with Gasteiger partial charge in [-0.05, 0) is 68.6 Å². The highest BCUT2D eigenvalue weighted by Crippen LogP contribution is 2.35. The maximum absolute atomic E-state index is 12.6. The number of ketones is 1. The lowest BCUT2D eigenvalue weighted by Gasteiger charge is -2.35. The van der Waals surface area contributed by atoms with Crippen molar-refractivity contribution in [2.75, 3.05) is 18.4 Å². The number of carbonyl (C=O) groups is 2. The maximum Gasteiger partial charge on any atom is 0.221 e. The van der Waals surface area contributed by atoms with Crippen molar-refractivity contribution in [3.63, 3.8) is 0 Å². The van der Waals surface area contributed by atoms with Crippen molar-refractivity contribution in [2.24, 2.45) is 5.92 Å². The van der Waals surface area contributed by atoms with Gasteiger partial charge >= 0.3 is 0 Å². The molecule has 1 amide bonds. The van der Waals surface area contributed by atoms with Crippen LogP contribution in [0.5, 0.6) is 0 Å².